The monoisotopic (exact) mass is 467 g/mol. The first kappa shape index (κ1) is 22.9. The van der Waals surface area contributed by atoms with Crippen molar-refractivity contribution in [3.63, 3.8) is 0 Å². The van der Waals surface area contributed by atoms with Crippen molar-refractivity contribution in [1.82, 2.24) is 15.2 Å². The van der Waals surface area contributed by atoms with Crippen LogP contribution in [0, 0.1) is 0 Å². The second-order valence-corrected chi connectivity index (χ2v) is 8.87. The van der Waals surface area contributed by atoms with Gasteiger partial charge in [0.15, 0.2) is 6.10 Å². The molecule has 3 aromatic carbocycles. The molecule has 1 atom stereocenters. The van der Waals surface area contributed by atoms with Crippen LogP contribution >= 0.6 is 0 Å². The molecule has 0 aliphatic carbocycles. The van der Waals surface area contributed by atoms with Crippen molar-refractivity contribution in [2.45, 2.75) is 25.6 Å². The highest BCUT2D eigenvalue weighted by atomic mass is 16.5. The Morgan fingerprint density at radius 3 is 2.83 bits per heavy atom. The lowest BCUT2D eigenvalue weighted by molar-refractivity contribution is -0.127. The van der Waals surface area contributed by atoms with E-state index in [-0.39, 0.29) is 5.91 Å². The molecule has 0 saturated heterocycles. The molecule has 0 bridgehead atoms. The van der Waals surface area contributed by atoms with E-state index in [1.807, 2.05) is 48.7 Å². The van der Waals surface area contributed by atoms with Gasteiger partial charge in [-0.2, -0.15) is 0 Å². The minimum absolute atomic E-state index is 0.108. The minimum Gasteiger partial charge on any atom is -0.492 e. The number of carbonyl (C=O) groups excluding carboxylic acids is 1. The molecular weight excluding hydrogens is 438 g/mol. The Morgan fingerprint density at radius 1 is 1.06 bits per heavy atom. The number of aromatic nitrogens is 1. The standard InChI is InChI=1S/C29H29N3O3/c1-32(20-24-10-5-9-22-11-6-14-30-28(22)24)19-21-7-4-12-25(17-21)34-16-15-31-29(33)27-18-23-8-2-3-13-26(23)35-27/h2-14,17,27H,15-16,18-20H2,1H3,(H,31,33)/t27-/m1/s1. The van der Waals surface area contributed by atoms with E-state index in [0.717, 1.165) is 41.1 Å². The van der Waals surface area contributed by atoms with Crippen LogP contribution in [-0.4, -0.2) is 42.1 Å². The first-order valence-corrected chi connectivity index (χ1v) is 11.9. The number of nitrogens with zero attached hydrogens (tertiary/aromatic N) is 2. The van der Waals surface area contributed by atoms with Gasteiger partial charge in [-0.1, -0.05) is 54.6 Å². The number of ether oxygens (including phenoxy) is 2. The van der Waals surface area contributed by atoms with Gasteiger partial charge in [-0.25, -0.2) is 0 Å². The van der Waals surface area contributed by atoms with Crippen molar-refractivity contribution in [2.24, 2.45) is 0 Å². The van der Waals surface area contributed by atoms with Gasteiger partial charge in [-0.05, 0) is 48.0 Å². The van der Waals surface area contributed by atoms with Gasteiger partial charge in [0, 0.05) is 31.1 Å². The summed E-state index contributed by atoms with van der Waals surface area (Å²) in [7, 11) is 2.11. The third-order valence-corrected chi connectivity index (χ3v) is 6.12. The number of benzene rings is 3. The van der Waals surface area contributed by atoms with E-state index in [9.17, 15) is 4.79 Å². The summed E-state index contributed by atoms with van der Waals surface area (Å²) in [6.45, 7) is 2.41. The van der Waals surface area contributed by atoms with Gasteiger partial charge in [0.05, 0.1) is 12.1 Å². The normalized spacial score (nSPS) is 14.5. The largest absolute Gasteiger partial charge is 0.492 e. The Kier molecular flexibility index (Phi) is 6.91. The summed E-state index contributed by atoms with van der Waals surface area (Å²) in [5.74, 6) is 1.48. The molecule has 1 N–H and O–H groups in total. The van der Waals surface area contributed by atoms with Gasteiger partial charge in [0.2, 0.25) is 0 Å². The highest BCUT2D eigenvalue weighted by molar-refractivity contribution is 5.82. The minimum atomic E-state index is -0.469. The summed E-state index contributed by atoms with van der Waals surface area (Å²) in [5, 5.41) is 4.07. The van der Waals surface area contributed by atoms with Crippen molar-refractivity contribution in [3.05, 3.63) is 102 Å². The molecule has 6 heteroatoms. The van der Waals surface area contributed by atoms with E-state index < -0.39 is 6.10 Å². The third-order valence-electron chi connectivity index (χ3n) is 6.12. The summed E-state index contributed by atoms with van der Waals surface area (Å²) in [6, 6.07) is 26.2. The van der Waals surface area contributed by atoms with Crippen LogP contribution < -0.4 is 14.8 Å². The number of nitrogens with one attached hydrogen (secondary N) is 1. The molecule has 6 nitrogen and oxygen atoms in total. The Hall–Kier alpha value is -3.90. The molecule has 0 radical (unpaired) electrons. The fourth-order valence-electron chi connectivity index (χ4n) is 4.47. The molecule has 1 aromatic heterocycles. The van der Waals surface area contributed by atoms with Crippen molar-refractivity contribution in [3.8, 4) is 11.5 Å². The zero-order chi connectivity index (χ0) is 24.0. The van der Waals surface area contributed by atoms with Crippen LogP contribution in [0.1, 0.15) is 16.7 Å². The molecular formula is C29H29N3O3. The van der Waals surface area contributed by atoms with E-state index in [2.05, 4.69) is 58.6 Å². The smallest absolute Gasteiger partial charge is 0.261 e. The Labute approximate surface area is 205 Å². The van der Waals surface area contributed by atoms with E-state index >= 15 is 0 Å². The molecule has 0 spiro atoms. The van der Waals surface area contributed by atoms with Gasteiger partial charge in [-0.3, -0.25) is 14.7 Å². The molecule has 178 valence electrons. The van der Waals surface area contributed by atoms with Crippen LogP contribution in [0.4, 0.5) is 0 Å². The fourth-order valence-corrected chi connectivity index (χ4v) is 4.47. The number of hydrogen-bond acceptors (Lipinski definition) is 5. The number of fused-ring (bicyclic) bond motifs is 2. The molecule has 2 heterocycles. The zero-order valence-corrected chi connectivity index (χ0v) is 19.8. The summed E-state index contributed by atoms with van der Waals surface area (Å²) in [4.78, 5) is 19.3. The Balaban J connectivity index is 1.09. The number of hydrogen-bond donors (Lipinski definition) is 1. The van der Waals surface area contributed by atoms with Gasteiger partial charge < -0.3 is 14.8 Å². The number of pyridine rings is 1. The van der Waals surface area contributed by atoms with Crippen LogP contribution in [0.3, 0.4) is 0 Å². The molecule has 0 unspecified atom stereocenters. The van der Waals surface area contributed by atoms with Gasteiger partial charge in [0.25, 0.3) is 5.91 Å². The second kappa shape index (κ2) is 10.6. The molecule has 5 rings (SSSR count). The highest BCUT2D eigenvalue weighted by Gasteiger charge is 2.28. The molecule has 35 heavy (non-hydrogen) atoms. The van der Waals surface area contributed by atoms with Crippen molar-refractivity contribution in [1.29, 1.82) is 0 Å². The van der Waals surface area contributed by atoms with Crippen LogP contribution in [0.15, 0.2) is 85.1 Å². The number of rotatable bonds is 9. The van der Waals surface area contributed by atoms with Crippen LogP contribution in [-0.2, 0) is 24.3 Å². The zero-order valence-electron chi connectivity index (χ0n) is 19.8. The molecule has 1 aliphatic rings. The lowest BCUT2D eigenvalue weighted by atomic mass is 10.1. The summed E-state index contributed by atoms with van der Waals surface area (Å²) in [5.41, 5.74) is 4.50. The van der Waals surface area contributed by atoms with Gasteiger partial charge >= 0.3 is 0 Å². The Morgan fingerprint density at radius 2 is 1.91 bits per heavy atom. The van der Waals surface area contributed by atoms with Crippen molar-refractivity contribution < 1.29 is 14.3 Å². The predicted molar refractivity (Wildman–Crippen MR) is 136 cm³/mol. The van der Waals surface area contributed by atoms with E-state index in [1.54, 1.807) is 0 Å². The second-order valence-electron chi connectivity index (χ2n) is 8.87. The lowest BCUT2D eigenvalue weighted by Crippen LogP contribution is -2.39. The average Bonchev–Trinajstić information content (AvgIpc) is 3.32. The van der Waals surface area contributed by atoms with Gasteiger partial charge in [0.1, 0.15) is 18.1 Å². The molecule has 1 amide bonds. The first-order chi connectivity index (χ1) is 17.2. The number of carbonyl (C=O) groups is 1. The molecule has 4 aromatic rings. The number of para-hydroxylation sites is 2. The van der Waals surface area contributed by atoms with Crippen molar-refractivity contribution >= 4 is 16.8 Å². The van der Waals surface area contributed by atoms with Crippen LogP contribution in [0.5, 0.6) is 11.5 Å². The Bertz CT molecular complexity index is 1290. The SMILES string of the molecule is CN(Cc1cccc(OCCNC(=O)[C@H]2Cc3ccccc3O2)c1)Cc1cccc2cccnc12. The van der Waals surface area contributed by atoms with Crippen LogP contribution in [0.25, 0.3) is 10.9 Å². The molecule has 1 aliphatic heterocycles. The highest BCUT2D eigenvalue weighted by Crippen LogP contribution is 2.28. The van der Waals surface area contributed by atoms with Crippen LogP contribution in [0.2, 0.25) is 0 Å². The third kappa shape index (κ3) is 5.61. The maximum absolute atomic E-state index is 12.4. The maximum atomic E-state index is 12.4. The van der Waals surface area contributed by atoms with E-state index in [1.165, 1.54) is 11.1 Å². The summed E-state index contributed by atoms with van der Waals surface area (Å²) < 4.78 is 11.6. The maximum Gasteiger partial charge on any atom is 0.261 e. The van der Waals surface area contributed by atoms with Crippen molar-refractivity contribution in [2.75, 3.05) is 20.2 Å². The lowest BCUT2D eigenvalue weighted by Gasteiger charge is -2.18. The quantitative estimate of drug-likeness (QED) is 0.371. The number of amides is 1. The first-order valence-electron chi connectivity index (χ1n) is 11.9. The summed E-state index contributed by atoms with van der Waals surface area (Å²) >= 11 is 0. The van der Waals surface area contributed by atoms with E-state index in [4.69, 9.17) is 9.47 Å². The van der Waals surface area contributed by atoms with E-state index in [0.29, 0.717) is 19.6 Å². The average molecular weight is 468 g/mol. The molecule has 0 saturated carbocycles. The summed E-state index contributed by atoms with van der Waals surface area (Å²) in [6.07, 6.45) is 1.98. The fraction of sp³-hybridized carbons (Fsp3) is 0.241. The topological polar surface area (TPSA) is 63.7 Å². The van der Waals surface area contributed by atoms with Gasteiger partial charge in [-0.15, -0.1) is 0 Å². The predicted octanol–water partition coefficient (Wildman–Crippen LogP) is 4.37. The molecule has 0 fully saturated rings.